The van der Waals surface area contributed by atoms with Crippen molar-refractivity contribution >= 4 is 17.5 Å². The number of aromatic nitrogens is 6. The summed E-state index contributed by atoms with van der Waals surface area (Å²) >= 11 is 1.22. The lowest BCUT2D eigenvalue weighted by atomic mass is 10.1. The van der Waals surface area contributed by atoms with Gasteiger partial charge < -0.3 is 5.11 Å². The maximum atomic E-state index is 10.6. The molecule has 0 aliphatic carbocycles. The number of tetrazole rings is 1. The van der Waals surface area contributed by atoms with E-state index in [-0.39, 0.29) is 12.3 Å². The molecule has 0 fully saturated rings. The van der Waals surface area contributed by atoms with Crippen LogP contribution in [0.25, 0.3) is 10.7 Å². The summed E-state index contributed by atoms with van der Waals surface area (Å²) in [7, 11) is 0. The molecule has 2 rings (SSSR count). The molecule has 0 saturated heterocycles. The molecule has 0 aliphatic rings. The van der Waals surface area contributed by atoms with Gasteiger partial charge in [-0.05, 0) is 34.8 Å². The lowest BCUT2D eigenvalue weighted by Crippen LogP contribution is -2.14. The highest BCUT2D eigenvalue weighted by atomic mass is 32.1. The Kier molecular flexibility index (Phi) is 3.60. The van der Waals surface area contributed by atoms with E-state index in [0.29, 0.717) is 12.4 Å². The van der Waals surface area contributed by atoms with Gasteiger partial charge in [-0.15, -0.1) is 10.2 Å². The van der Waals surface area contributed by atoms with Crippen molar-refractivity contribution in [3.63, 3.8) is 0 Å². The van der Waals surface area contributed by atoms with Crippen LogP contribution in [0.5, 0.6) is 0 Å². The van der Waals surface area contributed by atoms with Crippen LogP contribution in [0.4, 0.5) is 0 Å². The first-order chi connectivity index (χ1) is 8.58. The molecular weight excluding hydrogens is 256 g/mol. The number of aliphatic carboxylic acids is 1. The molecule has 0 aliphatic heterocycles. The minimum atomic E-state index is -0.826. The molecule has 96 valence electrons. The quantitative estimate of drug-likeness (QED) is 0.846. The molecule has 0 amide bonds. The van der Waals surface area contributed by atoms with Crippen LogP contribution in [0.15, 0.2) is 0 Å². The van der Waals surface area contributed by atoms with Crippen molar-refractivity contribution in [2.24, 2.45) is 5.92 Å². The number of carboxylic acid groups (broad SMARTS) is 1. The van der Waals surface area contributed by atoms with Crippen LogP contribution in [0, 0.1) is 12.8 Å². The second-order valence-corrected chi connectivity index (χ2v) is 4.83. The molecule has 1 N–H and O–H groups in total. The second kappa shape index (κ2) is 5.17. The maximum Gasteiger partial charge on any atom is 0.303 e. The van der Waals surface area contributed by atoms with Crippen LogP contribution < -0.4 is 0 Å². The normalized spacial score (nSPS) is 12.6. The molecule has 0 spiro atoms. The lowest BCUT2D eigenvalue weighted by Gasteiger charge is -2.09. The summed E-state index contributed by atoms with van der Waals surface area (Å²) in [5.41, 5.74) is 0.766. The molecule has 1 unspecified atom stereocenters. The largest absolute Gasteiger partial charge is 0.481 e. The van der Waals surface area contributed by atoms with Crippen molar-refractivity contribution in [3.8, 4) is 10.7 Å². The van der Waals surface area contributed by atoms with E-state index in [2.05, 4.69) is 25.1 Å². The summed E-state index contributed by atoms with van der Waals surface area (Å²) in [5.74, 6) is -0.293. The lowest BCUT2D eigenvalue weighted by molar-refractivity contribution is -0.138. The van der Waals surface area contributed by atoms with E-state index < -0.39 is 5.97 Å². The predicted octanol–water partition coefficient (Wildman–Crippen LogP) is 0.611. The number of carboxylic acids is 1. The highest BCUT2D eigenvalue weighted by Crippen LogP contribution is 2.23. The van der Waals surface area contributed by atoms with Gasteiger partial charge >= 0.3 is 5.97 Å². The van der Waals surface area contributed by atoms with Gasteiger partial charge in [-0.3, -0.25) is 4.79 Å². The molecule has 2 aromatic rings. The van der Waals surface area contributed by atoms with Crippen molar-refractivity contribution < 1.29 is 9.90 Å². The predicted molar refractivity (Wildman–Crippen MR) is 62.9 cm³/mol. The Labute approximate surface area is 107 Å². The summed E-state index contributed by atoms with van der Waals surface area (Å²) < 4.78 is 5.43. The van der Waals surface area contributed by atoms with E-state index in [4.69, 9.17) is 5.11 Å². The van der Waals surface area contributed by atoms with Crippen molar-refractivity contribution in [2.45, 2.75) is 26.8 Å². The second-order valence-electron chi connectivity index (χ2n) is 4.08. The topological polar surface area (TPSA) is 107 Å². The Balaban J connectivity index is 2.18. The smallest absolute Gasteiger partial charge is 0.303 e. The van der Waals surface area contributed by atoms with E-state index in [1.54, 1.807) is 4.68 Å². The summed E-state index contributed by atoms with van der Waals surface area (Å²) in [5, 5.41) is 24.1. The average molecular weight is 268 g/mol. The number of hydrogen-bond donors (Lipinski definition) is 1. The van der Waals surface area contributed by atoms with Crippen molar-refractivity contribution in [2.75, 3.05) is 0 Å². The fourth-order valence-corrected chi connectivity index (χ4v) is 2.23. The Bertz CT molecular complexity index is 551. The van der Waals surface area contributed by atoms with Crippen LogP contribution in [-0.4, -0.2) is 40.9 Å². The average Bonchev–Trinajstić information content (AvgIpc) is 2.85. The SMILES string of the molecule is Cc1nnsc1-c1nnnn1CC(C)CC(=O)O. The number of carbonyl (C=O) groups is 1. The van der Waals surface area contributed by atoms with Crippen LogP contribution >= 0.6 is 11.5 Å². The molecule has 0 radical (unpaired) electrons. The molecule has 8 nitrogen and oxygen atoms in total. The first-order valence-corrected chi connectivity index (χ1v) is 6.12. The zero-order valence-corrected chi connectivity index (χ0v) is 10.8. The number of nitrogens with zero attached hydrogens (tertiary/aromatic N) is 6. The minimum Gasteiger partial charge on any atom is -0.481 e. The Morgan fingerprint density at radius 1 is 1.50 bits per heavy atom. The molecular formula is C9H12N6O2S. The van der Waals surface area contributed by atoms with Crippen molar-refractivity contribution in [3.05, 3.63) is 5.69 Å². The number of rotatable bonds is 5. The summed E-state index contributed by atoms with van der Waals surface area (Å²) in [6, 6.07) is 0. The Hall–Kier alpha value is -1.90. The third kappa shape index (κ3) is 2.67. The minimum absolute atomic E-state index is 0.0501. The van der Waals surface area contributed by atoms with Crippen LogP contribution in [0.1, 0.15) is 19.0 Å². The summed E-state index contributed by atoms with van der Waals surface area (Å²) in [6.45, 7) is 4.13. The van der Waals surface area contributed by atoms with Gasteiger partial charge in [0.15, 0.2) is 5.82 Å². The zero-order chi connectivity index (χ0) is 13.1. The van der Waals surface area contributed by atoms with Crippen molar-refractivity contribution in [1.29, 1.82) is 0 Å². The van der Waals surface area contributed by atoms with Gasteiger partial charge in [-0.25, -0.2) is 4.68 Å². The van der Waals surface area contributed by atoms with Crippen LogP contribution in [0.2, 0.25) is 0 Å². The van der Waals surface area contributed by atoms with E-state index in [9.17, 15) is 4.79 Å². The van der Waals surface area contributed by atoms with Gasteiger partial charge in [0.2, 0.25) is 0 Å². The van der Waals surface area contributed by atoms with Gasteiger partial charge in [0.25, 0.3) is 0 Å². The Morgan fingerprint density at radius 3 is 2.89 bits per heavy atom. The molecule has 1 atom stereocenters. The van der Waals surface area contributed by atoms with E-state index in [0.717, 1.165) is 10.6 Å². The van der Waals surface area contributed by atoms with Gasteiger partial charge in [0, 0.05) is 13.0 Å². The first kappa shape index (κ1) is 12.6. The summed E-state index contributed by atoms with van der Waals surface area (Å²) in [4.78, 5) is 11.4. The first-order valence-electron chi connectivity index (χ1n) is 5.35. The molecule has 2 aromatic heterocycles. The third-order valence-electron chi connectivity index (χ3n) is 2.39. The van der Waals surface area contributed by atoms with Gasteiger partial charge in [-0.1, -0.05) is 11.4 Å². The van der Waals surface area contributed by atoms with E-state index >= 15 is 0 Å². The monoisotopic (exact) mass is 268 g/mol. The Morgan fingerprint density at radius 2 is 2.28 bits per heavy atom. The third-order valence-corrected chi connectivity index (χ3v) is 3.22. The van der Waals surface area contributed by atoms with Crippen LogP contribution in [-0.2, 0) is 11.3 Å². The number of hydrogen-bond acceptors (Lipinski definition) is 7. The van der Waals surface area contributed by atoms with Gasteiger partial charge in [0.05, 0.1) is 5.69 Å². The highest BCUT2D eigenvalue weighted by molar-refractivity contribution is 7.09. The molecule has 18 heavy (non-hydrogen) atoms. The molecule has 0 bridgehead atoms. The molecule has 2 heterocycles. The van der Waals surface area contributed by atoms with Gasteiger partial charge in [0.1, 0.15) is 4.88 Å². The highest BCUT2D eigenvalue weighted by Gasteiger charge is 2.17. The molecule has 0 saturated carbocycles. The van der Waals surface area contributed by atoms with E-state index in [1.165, 1.54) is 11.5 Å². The van der Waals surface area contributed by atoms with Gasteiger partial charge in [-0.2, -0.15) is 0 Å². The fourth-order valence-electron chi connectivity index (χ4n) is 1.58. The van der Waals surface area contributed by atoms with Crippen molar-refractivity contribution in [1.82, 2.24) is 29.8 Å². The molecule has 9 heteroatoms. The molecule has 0 aromatic carbocycles. The maximum absolute atomic E-state index is 10.6. The summed E-state index contributed by atoms with van der Waals surface area (Å²) in [6.07, 6.45) is 0.0826. The fraction of sp³-hybridized carbons (Fsp3) is 0.556. The van der Waals surface area contributed by atoms with Crippen LogP contribution in [0.3, 0.4) is 0 Å². The number of aryl methyl sites for hydroxylation is 1. The van der Waals surface area contributed by atoms with E-state index in [1.807, 2.05) is 13.8 Å². The zero-order valence-electron chi connectivity index (χ0n) is 9.94. The standard InChI is InChI=1S/C9H12N6O2S/c1-5(3-7(16)17)4-15-9(11-12-13-15)8-6(2)10-14-18-8/h5H,3-4H2,1-2H3,(H,16,17).